The third-order valence-corrected chi connectivity index (χ3v) is 6.49. The van der Waals surface area contributed by atoms with Crippen molar-refractivity contribution in [3.8, 4) is 5.69 Å². The lowest BCUT2D eigenvalue weighted by atomic mass is 10.1. The number of anilines is 1. The summed E-state index contributed by atoms with van der Waals surface area (Å²) >= 11 is 5.44. The van der Waals surface area contributed by atoms with Gasteiger partial charge in [0.1, 0.15) is 5.57 Å². The maximum Gasteiger partial charge on any atom is 0.337 e. The third kappa shape index (κ3) is 4.28. The van der Waals surface area contributed by atoms with Crippen molar-refractivity contribution >= 4 is 46.9 Å². The standard InChI is InChI=1S/C27H25N3O4S/c1-16-9-11-21(12-10-16)30-25(32)23(24(31)28(4)27(30)35)15-20-13-17(2)29(18(20)3)22-8-6-7-19(14-22)26(33)34-5/h6-15H,1-5H3/b23-15-. The zero-order chi connectivity index (χ0) is 25.4. The Morgan fingerprint density at radius 1 is 0.943 bits per heavy atom. The van der Waals surface area contributed by atoms with Crippen LogP contribution in [0.15, 0.2) is 60.2 Å². The van der Waals surface area contributed by atoms with Crippen LogP contribution in [0.4, 0.5) is 5.69 Å². The Morgan fingerprint density at radius 2 is 1.63 bits per heavy atom. The molecule has 2 aromatic carbocycles. The Balaban J connectivity index is 1.78. The molecule has 0 spiro atoms. The summed E-state index contributed by atoms with van der Waals surface area (Å²) in [7, 11) is 2.90. The first-order valence-corrected chi connectivity index (χ1v) is 11.4. The van der Waals surface area contributed by atoms with Gasteiger partial charge in [0.25, 0.3) is 11.8 Å². The predicted molar refractivity (Wildman–Crippen MR) is 139 cm³/mol. The molecule has 1 aromatic heterocycles. The normalized spacial score (nSPS) is 15.2. The maximum absolute atomic E-state index is 13.5. The van der Waals surface area contributed by atoms with Crippen LogP contribution in [0.3, 0.4) is 0 Å². The van der Waals surface area contributed by atoms with Crippen LogP contribution in [0.5, 0.6) is 0 Å². The number of esters is 1. The summed E-state index contributed by atoms with van der Waals surface area (Å²) in [6.07, 6.45) is 1.60. The Morgan fingerprint density at radius 3 is 2.29 bits per heavy atom. The van der Waals surface area contributed by atoms with E-state index < -0.39 is 17.8 Å². The number of amides is 2. The van der Waals surface area contributed by atoms with Crippen molar-refractivity contribution in [2.75, 3.05) is 19.1 Å². The van der Waals surface area contributed by atoms with E-state index in [0.717, 1.165) is 22.6 Å². The van der Waals surface area contributed by atoms with Crippen LogP contribution in [-0.2, 0) is 14.3 Å². The highest BCUT2D eigenvalue weighted by Gasteiger charge is 2.38. The monoisotopic (exact) mass is 487 g/mol. The zero-order valence-electron chi connectivity index (χ0n) is 20.2. The number of aromatic nitrogens is 1. The number of hydrogen-bond acceptors (Lipinski definition) is 5. The summed E-state index contributed by atoms with van der Waals surface area (Å²) in [4.78, 5) is 41.2. The van der Waals surface area contributed by atoms with E-state index in [-0.39, 0.29) is 10.7 Å². The van der Waals surface area contributed by atoms with Crippen molar-refractivity contribution in [2.24, 2.45) is 0 Å². The van der Waals surface area contributed by atoms with Crippen molar-refractivity contribution in [3.05, 3.63) is 88.2 Å². The lowest BCUT2D eigenvalue weighted by Gasteiger charge is -2.34. The minimum atomic E-state index is -0.473. The highest BCUT2D eigenvalue weighted by atomic mass is 32.1. The Kier molecular flexibility index (Phi) is 6.41. The molecule has 0 atom stereocenters. The number of likely N-dealkylation sites (N-methyl/N-ethyl adjacent to an activating group) is 1. The summed E-state index contributed by atoms with van der Waals surface area (Å²) < 4.78 is 6.80. The molecular formula is C27H25N3O4S. The molecule has 2 heterocycles. The molecule has 0 saturated carbocycles. The predicted octanol–water partition coefficient (Wildman–Crippen LogP) is 4.36. The van der Waals surface area contributed by atoms with Crippen molar-refractivity contribution in [3.63, 3.8) is 0 Å². The van der Waals surface area contributed by atoms with E-state index in [9.17, 15) is 14.4 Å². The quantitative estimate of drug-likeness (QED) is 0.237. The van der Waals surface area contributed by atoms with Crippen LogP contribution >= 0.6 is 12.2 Å². The molecule has 7 nitrogen and oxygen atoms in total. The van der Waals surface area contributed by atoms with E-state index in [2.05, 4.69) is 0 Å². The van der Waals surface area contributed by atoms with Crippen LogP contribution in [0.1, 0.15) is 32.9 Å². The molecule has 0 N–H and O–H groups in total. The van der Waals surface area contributed by atoms with Crippen molar-refractivity contribution in [2.45, 2.75) is 20.8 Å². The topological polar surface area (TPSA) is 71.8 Å². The second kappa shape index (κ2) is 9.31. The van der Waals surface area contributed by atoms with E-state index in [1.165, 1.54) is 16.9 Å². The van der Waals surface area contributed by atoms with Gasteiger partial charge in [-0.2, -0.15) is 0 Å². The summed E-state index contributed by atoms with van der Waals surface area (Å²) in [6, 6.07) is 16.4. The number of hydrogen-bond donors (Lipinski definition) is 0. The van der Waals surface area contributed by atoms with Gasteiger partial charge in [0.2, 0.25) is 0 Å². The molecule has 1 aliphatic heterocycles. The molecule has 178 valence electrons. The van der Waals surface area contributed by atoms with E-state index in [0.29, 0.717) is 16.8 Å². The number of carbonyl (C=O) groups is 3. The van der Waals surface area contributed by atoms with Gasteiger partial charge in [-0.1, -0.05) is 23.8 Å². The fourth-order valence-electron chi connectivity index (χ4n) is 4.14. The van der Waals surface area contributed by atoms with Crippen LogP contribution in [0.25, 0.3) is 11.8 Å². The molecule has 4 rings (SSSR count). The number of aryl methyl sites for hydroxylation is 2. The smallest absolute Gasteiger partial charge is 0.337 e. The minimum absolute atomic E-state index is 0.0187. The largest absolute Gasteiger partial charge is 0.465 e. The van der Waals surface area contributed by atoms with Gasteiger partial charge < -0.3 is 9.30 Å². The van der Waals surface area contributed by atoms with Crippen LogP contribution < -0.4 is 4.90 Å². The maximum atomic E-state index is 13.5. The lowest BCUT2D eigenvalue weighted by Crippen LogP contribution is -2.54. The second-order valence-corrected chi connectivity index (χ2v) is 8.75. The third-order valence-electron chi connectivity index (χ3n) is 6.03. The van der Waals surface area contributed by atoms with Crippen molar-refractivity contribution < 1.29 is 19.1 Å². The van der Waals surface area contributed by atoms with Gasteiger partial charge in [-0.25, -0.2) is 4.79 Å². The lowest BCUT2D eigenvalue weighted by molar-refractivity contribution is -0.127. The Hall–Kier alpha value is -4.04. The van der Waals surface area contributed by atoms with E-state index in [4.69, 9.17) is 17.0 Å². The molecular weight excluding hydrogens is 462 g/mol. The summed E-state index contributed by atoms with van der Waals surface area (Å²) in [5, 5.41) is 0.131. The van der Waals surface area contributed by atoms with Gasteiger partial charge in [0.05, 0.1) is 18.4 Å². The van der Waals surface area contributed by atoms with Crippen LogP contribution in [-0.4, -0.2) is 46.5 Å². The van der Waals surface area contributed by atoms with Gasteiger partial charge in [0.15, 0.2) is 5.11 Å². The van der Waals surface area contributed by atoms with Crippen LogP contribution in [0, 0.1) is 20.8 Å². The van der Waals surface area contributed by atoms with Gasteiger partial charge in [-0.15, -0.1) is 0 Å². The average Bonchev–Trinajstić information content (AvgIpc) is 3.13. The number of carbonyl (C=O) groups excluding carboxylic acids is 3. The van der Waals surface area contributed by atoms with Crippen LogP contribution in [0.2, 0.25) is 0 Å². The SMILES string of the molecule is COC(=O)c1cccc(-n2c(C)cc(/C=C3/C(=O)N(C)C(=S)N(c4ccc(C)cc4)C3=O)c2C)c1. The van der Waals surface area contributed by atoms with E-state index in [1.807, 2.05) is 49.6 Å². The first-order valence-electron chi connectivity index (χ1n) is 11.0. The second-order valence-electron chi connectivity index (χ2n) is 8.38. The molecule has 3 aromatic rings. The van der Waals surface area contributed by atoms with Gasteiger partial charge >= 0.3 is 5.97 Å². The number of nitrogens with zero attached hydrogens (tertiary/aromatic N) is 3. The molecule has 8 heteroatoms. The first kappa shape index (κ1) is 24.1. The zero-order valence-corrected chi connectivity index (χ0v) is 21.0. The van der Waals surface area contributed by atoms with E-state index in [1.54, 1.807) is 43.5 Å². The summed E-state index contributed by atoms with van der Waals surface area (Å²) in [5.74, 6) is -1.36. The molecule has 1 aliphatic rings. The van der Waals surface area contributed by atoms with Crippen molar-refractivity contribution in [1.29, 1.82) is 0 Å². The van der Waals surface area contributed by atoms with Gasteiger partial charge in [0, 0.05) is 24.1 Å². The minimum Gasteiger partial charge on any atom is -0.465 e. The highest BCUT2D eigenvalue weighted by molar-refractivity contribution is 7.80. The summed E-state index contributed by atoms with van der Waals surface area (Å²) in [6.45, 7) is 5.77. The molecule has 1 fully saturated rings. The molecule has 1 saturated heterocycles. The Bertz CT molecular complexity index is 1400. The van der Waals surface area contributed by atoms with E-state index >= 15 is 0 Å². The average molecular weight is 488 g/mol. The summed E-state index contributed by atoms with van der Waals surface area (Å²) in [5.41, 5.74) is 5.28. The number of methoxy groups -OCH3 is 1. The number of rotatable bonds is 4. The van der Waals surface area contributed by atoms with Crippen molar-refractivity contribution in [1.82, 2.24) is 9.47 Å². The fourth-order valence-corrected chi connectivity index (χ4v) is 4.41. The molecule has 0 radical (unpaired) electrons. The Labute approximate surface area is 209 Å². The van der Waals surface area contributed by atoms with Gasteiger partial charge in [-0.05, 0) is 81.0 Å². The fraction of sp³-hybridized carbons (Fsp3) is 0.185. The molecule has 2 amide bonds. The molecule has 0 unspecified atom stereocenters. The molecule has 0 bridgehead atoms. The molecule has 35 heavy (non-hydrogen) atoms. The number of benzene rings is 2. The number of ether oxygens (including phenoxy) is 1. The molecule has 0 aliphatic carbocycles. The van der Waals surface area contributed by atoms with Gasteiger partial charge in [-0.3, -0.25) is 19.4 Å². The number of thiocarbonyl (C=S) groups is 1. The first-order chi connectivity index (χ1) is 16.6. The highest BCUT2D eigenvalue weighted by Crippen LogP contribution is 2.28.